The Balaban J connectivity index is 2.58. The van der Waals surface area contributed by atoms with Gasteiger partial charge in [-0.3, -0.25) is 5.10 Å². The van der Waals surface area contributed by atoms with Crippen LogP contribution in [0.25, 0.3) is 11.3 Å². The second-order valence-electron chi connectivity index (χ2n) is 3.44. The van der Waals surface area contributed by atoms with Crippen LogP contribution in [0, 0.1) is 5.82 Å². The van der Waals surface area contributed by atoms with Crippen molar-refractivity contribution in [2.24, 2.45) is 0 Å². The third-order valence-electron chi connectivity index (χ3n) is 2.30. The van der Waals surface area contributed by atoms with E-state index in [0.29, 0.717) is 0 Å². The highest BCUT2D eigenvalue weighted by molar-refractivity contribution is 6.31. The Hall–Kier alpha value is -2.08. The molecule has 0 unspecified atom stereocenters. The van der Waals surface area contributed by atoms with Gasteiger partial charge in [-0.1, -0.05) is 11.6 Å². The van der Waals surface area contributed by atoms with Crippen molar-refractivity contribution in [2.45, 2.75) is 0 Å². The molecule has 0 spiro atoms. The standard InChI is InChI=1S/C11H8ClFN2O3/c1-18-10-6(2-5(12)3-7(10)13)8-4-9(11(16)17)15-14-8/h2-4H,1H3,(H,14,15)(H,16,17). The van der Waals surface area contributed by atoms with Gasteiger partial charge in [0.25, 0.3) is 0 Å². The lowest BCUT2D eigenvalue weighted by Gasteiger charge is -2.07. The second kappa shape index (κ2) is 4.66. The van der Waals surface area contributed by atoms with E-state index in [1.54, 1.807) is 0 Å². The minimum absolute atomic E-state index is 0.0390. The number of H-pyrrole nitrogens is 1. The number of rotatable bonds is 3. The molecule has 0 aliphatic carbocycles. The van der Waals surface area contributed by atoms with Gasteiger partial charge in [-0.05, 0) is 18.2 Å². The summed E-state index contributed by atoms with van der Waals surface area (Å²) in [5.41, 5.74) is 0.421. The minimum Gasteiger partial charge on any atom is -0.493 e. The van der Waals surface area contributed by atoms with Crippen molar-refractivity contribution in [2.75, 3.05) is 7.11 Å². The molecule has 0 aliphatic heterocycles. The Morgan fingerprint density at radius 3 is 2.78 bits per heavy atom. The van der Waals surface area contributed by atoms with E-state index in [9.17, 15) is 9.18 Å². The first kappa shape index (κ1) is 12.4. The highest BCUT2D eigenvalue weighted by Crippen LogP contribution is 2.34. The van der Waals surface area contributed by atoms with Crippen LogP contribution in [-0.4, -0.2) is 28.4 Å². The van der Waals surface area contributed by atoms with Crippen LogP contribution in [0.2, 0.25) is 5.02 Å². The zero-order chi connectivity index (χ0) is 13.3. The number of aromatic nitrogens is 2. The number of hydrogen-bond acceptors (Lipinski definition) is 3. The second-order valence-corrected chi connectivity index (χ2v) is 3.88. The molecule has 0 saturated heterocycles. The summed E-state index contributed by atoms with van der Waals surface area (Å²) in [7, 11) is 1.31. The van der Waals surface area contributed by atoms with E-state index in [1.165, 1.54) is 19.2 Å². The molecule has 1 heterocycles. The number of aromatic carboxylic acids is 1. The van der Waals surface area contributed by atoms with Crippen LogP contribution >= 0.6 is 11.6 Å². The Labute approximate surface area is 106 Å². The number of methoxy groups -OCH3 is 1. The lowest BCUT2D eigenvalue weighted by molar-refractivity contribution is 0.0690. The summed E-state index contributed by atoms with van der Waals surface area (Å²) in [6.07, 6.45) is 0. The maximum Gasteiger partial charge on any atom is 0.353 e. The van der Waals surface area contributed by atoms with Crippen molar-refractivity contribution in [3.8, 4) is 17.0 Å². The number of hydrogen-bond donors (Lipinski definition) is 2. The summed E-state index contributed by atoms with van der Waals surface area (Å²) < 4.78 is 18.5. The summed E-state index contributed by atoms with van der Waals surface area (Å²) in [4.78, 5) is 10.7. The van der Waals surface area contributed by atoms with Crippen LogP contribution in [0.4, 0.5) is 4.39 Å². The fourth-order valence-electron chi connectivity index (χ4n) is 1.53. The van der Waals surface area contributed by atoms with Crippen LogP contribution in [0.3, 0.4) is 0 Å². The van der Waals surface area contributed by atoms with Crippen LogP contribution in [-0.2, 0) is 0 Å². The van der Waals surface area contributed by atoms with Gasteiger partial charge in [0.05, 0.1) is 12.8 Å². The van der Waals surface area contributed by atoms with Crippen LogP contribution in [0.5, 0.6) is 5.75 Å². The van der Waals surface area contributed by atoms with Crippen LogP contribution in [0.1, 0.15) is 10.5 Å². The van der Waals surface area contributed by atoms with E-state index < -0.39 is 11.8 Å². The van der Waals surface area contributed by atoms with Crippen molar-refractivity contribution in [1.29, 1.82) is 0 Å². The minimum atomic E-state index is -1.16. The lowest BCUT2D eigenvalue weighted by Crippen LogP contribution is -1.95. The van der Waals surface area contributed by atoms with E-state index in [-0.39, 0.29) is 27.7 Å². The topological polar surface area (TPSA) is 75.2 Å². The Kier molecular flexibility index (Phi) is 3.20. The van der Waals surface area contributed by atoms with Gasteiger partial charge in [0.2, 0.25) is 0 Å². The van der Waals surface area contributed by atoms with Gasteiger partial charge < -0.3 is 9.84 Å². The SMILES string of the molecule is COc1c(F)cc(Cl)cc1-c1cc(C(=O)O)[nH]n1. The molecule has 2 N–H and O–H groups in total. The molecule has 2 aromatic rings. The third-order valence-corrected chi connectivity index (χ3v) is 2.51. The smallest absolute Gasteiger partial charge is 0.353 e. The summed E-state index contributed by atoms with van der Waals surface area (Å²) in [6.45, 7) is 0. The number of carboxylic acid groups (broad SMARTS) is 1. The number of nitrogens with one attached hydrogen (secondary N) is 1. The molecule has 0 aliphatic rings. The number of carbonyl (C=O) groups is 1. The molecular formula is C11H8ClFN2O3. The van der Waals surface area contributed by atoms with Gasteiger partial charge in [-0.2, -0.15) is 5.10 Å². The molecule has 0 atom stereocenters. The van der Waals surface area contributed by atoms with E-state index in [4.69, 9.17) is 21.4 Å². The number of carboxylic acids is 1. The van der Waals surface area contributed by atoms with Crippen LogP contribution < -0.4 is 4.74 Å². The average Bonchev–Trinajstić information content (AvgIpc) is 2.77. The molecule has 0 saturated carbocycles. The summed E-state index contributed by atoms with van der Waals surface area (Å²) in [5, 5.41) is 15.1. The first-order chi connectivity index (χ1) is 8.52. The average molecular weight is 271 g/mol. The van der Waals surface area contributed by atoms with Crippen molar-refractivity contribution in [3.63, 3.8) is 0 Å². The van der Waals surface area contributed by atoms with Crippen molar-refractivity contribution >= 4 is 17.6 Å². The predicted molar refractivity (Wildman–Crippen MR) is 62.5 cm³/mol. The van der Waals surface area contributed by atoms with Gasteiger partial charge in [0.15, 0.2) is 11.6 Å². The largest absolute Gasteiger partial charge is 0.493 e. The molecule has 2 rings (SSSR count). The Morgan fingerprint density at radius 2 is 2.22 bits per heavy atom. The Morgan fingerprint density at radius 1 is 1.50 bits per heavy atom. The van der Waals surface area contributed by atoms with Crippen molar-refractivity contribution in [3.05, 3.63) is 34.7 Å². The van der Waals surface area contributed by atoms with Crippen molar-refractivity contribution in [1.82, 2.24) is 10.2 Å². The predicted octanol–water partition coefficient (Wildman–Crippen LogP) is 2.58. The summed E-state index contributed by atoms with van der Waals surface area (Å²) in [6, 6.07) is 3.83. The van der Waals surface area contributed by atoms with Gasteiger partial charge in [0.1, 0.15) is 5.69 Å². The molecule has 1 aromatic carbocycles. The fraction of sp³-hybridized carbons (Fsp3) is 0.0909. The molecule has 0 bridgehead atoms. The third kappa shape index (κ3) is 2.14. The lowest BCUT2D eigenvalue weighted by atomic mass is 10.1. The molecule has 5 nitrogen and oxygen atoms in total. The molecule has 18 heavy (non-hydrogen) atoms. The molecule has 94 valence electrons. The first-order valence-corrected chi connectivity index (χ1v) is 5.23. The van der Waals surface area contributed by atoms with Gasteiger partial charge in [0, 0.05) is 10.6 Å². The van der Waals surface area contributed by atoms with E-state index in [1.807, 2.05) is 0 Å². The zero-order valence-electron chi connectivity index (χ0n) is 9.20. The molecular weight excluding hydrogens is 263 g/mol. The van der Waals surface area contributed by atoms with E-state index >= 15 is 0 Å². The summed E-state index contributed by atoms with van der Waals surface area (Å²) >= 11 is 5.75. The maximum absolute atomic E-state index is 13.6. The van der Waals surface area contributed by atoms with Gasteiger partial charge in [-0.25, -0.2) is 9.18 Å². The first-order valence-electron chi connectivity index (χ1n) is 4.85. The molecule has 1 aromatic heterocycles. The zero-order valence-corrected chi connectivity index (χ0v) is 9.95. The van der Waals surface area contributed by atoms with Gasteiger partial charge in [-0.15, -0.1) is 0 Å². The van der Waals surface area contributed by atoms with Crippen LogP contribution in [0.15, 0.2) is 18.2 Å². The highest BCUT2D eigenvalue weighted by Gasteiger charge is 2.17. The van der Waals surface area contributed by atoms with E-state index in [0.717, 1.165) is 6.07 Å². The highest BCUT2D eigenvalue weighted by atomic mass is 35.5. The monoisotopic (exact) mass is 270 g/mol. The van der Waals surface area contributed by atoms with E-state index in [2.05, 4.69) is 10.2 Å². The maximum atomic E-state index is 13.6. The Bertz CT molecular complexity index is 612. The number of nitrogens with zero attached hydrogens (tertiary/aromatic N) is 1. The van der Waals surface area contributed by atoms with Crippen molar-refractivity contribution < 1.29 is 19.0 Å². The number of benzene rings is 1. The number of halogens is 2. The normalized spacial score (nSPS) is 10.4. The fourth-order valence-corrected chi connectivity index (χ4v) is 1.73. The molecule has 0 amide bonds. The molecule has 0 radical (unpaired) electrons. The molecule has 0 fully saturated rings. The number of aromatic amines is 1. The quantitative estimate of drug-likeness (QED) is 0.899. The number of ether oxygens (including phenoxy) is 1. The summed E-state index contributed by atoms with van der Waals surface area (Å²) in [5.74, 6) is -1.84. The van der Waals surface area contributed by atoms with Gasteiger partial charge >= 0.3 is 5.97 Å². The molecule has 7 heteroatoms.